The van der Waals surface area contributed by atoms with Crippen LogP contribution in [0.25, 0.3) is 11.0 Å². The van der Waals surface area contributed by atoms with E-state index >= 15 is 0 Å². The summed E-state index contributed by atoms with van der Waals surface area (Å²) in [6.07, 6.45) is 0.638. The summed E-state index contributed by atoms with van der Waals surface area (Å²) in [5.41, 5.74) is 3.83. The molecule has 9 heteroatoms. The fourth-order valence-electron chi connectivity index (χ4n) is 4.10. The number of carbonyl (C=O) groups excluding carboxylic acids is 1. The van der Waals surface area contributed by atoms with E-state index < -0.39 is 0 Å². The standard InChI is InChI=1S/C25H24N4O3S2/c1-28-19-8-5-4-7-17(19)26-25(28)34-15-24(30)29-20(14-18(27-29)23-9-6-12-33-23)16-10-11-21(31-2)22(13-16)32-3/h4-13,20H,14-15H2,1-3H3/t20-/m0/s1. The van der Waals surface area contributed by atoms with Crippen molar-refractivity contribution in [3.8, 4) is 11.5 Å². The van der Waals surface area contributed by atoms with Crippen molar-refractivity contribution in [2.45, 2.75) is 17.6 Å². The summed E-state index contributed by atoms with van der Waals surface area (Å²) < 4.78 is 12.9. The molecular weight excluding hydrogens is 468 g/mol. The summed E-state index contributed by atoms with van der Waals surface area (Å²) in [5, 5.41) is 9.21. The van der Waals surface area contributed by atoms with Crippen LogP contribution in [0.1, 0.15) is 22.9 Å². The van der Waals surface area contributed by atoms with Gasteiger partial charge in [-0.1, -0.05) is 36.0 Å². The summed E-state index contributed by atoms with van der Waals surface area (Å²) in [6.45, 7) is 0. The molecule has 0 spiro atoms. The molecule has 7 nitrogen and oxygen atoms in total. The molecule has 2 aromatic heterocycles. The molecule has 1 aliphatic heterocycles. The maximum absolute atomic E-state index is 13.4. The number of carbonyl (C=O) groups is 1. The zero-order chi connectivity index (χ0) is 23.7. The van der Waals surface area contributed by atoms with Crippen molar-refractivity contribution >= 4 is 45.8 Å². The topological polar surface area (TPSA) is 69.0 Å². The highest BCUT2D eigenvalue weighted by Gasteiger charge is 2.34. The maximum atomic E-state index is 13.4. The lowest BCUT2D eigenvalue weighted by molar-refractivity contribution is -0.130. The van der Waals surface area contributed by atoms with Gasteiger partial charge in [-0.2, -0.15) is 5.10 Å². The zero-order valence-electron chi connectivity index (χ0n) is 19.1. The maximum Gasteiger partial charge on any atom is 0.253 e. The Kier molecular flexibility index (Phi) is 6.30. The van der Waals surface area contributed by atoms with Crippen molar-refractivity contribution < 1.29 is 14.3 Å². The first kappa shape index (κ1) is 22.5. The third-order valence-electron chi connectivity index (χ3n) is 5.83. The Morgan fingerprint density at radius 2 is 1.94 bits per heavy atom. The molecule has 5 rings (SSSR count). The van der Waals surface area contributed by atoms with Gasteiger partial charge < -0.3 is 14.0 Å². The van der Waals surface area contributed by atoms with E-state index in [0.717, 1.165) is 32.3 Å². The molecule has 1 amide bonds. The van der Waals surface area contributed by atoms with Gasteiger partial charge in [0, 0.05) is 13.5 Å². The van der Waals surface area contributed by atoms with E-state index in [9.17, 15) is 4.79 Å². The number of nitrogens with zero attached hydrogens (tertiary/aromatic N) is 4. The number of ether oxygens (including phenoxy) is 2. The minimum absolute atomic E-state index is 0.0663. The van der Waals surface area contributed by atoms with Gasteiger partial charge in [0.15, 0.2) is 16.7 Å². The third kappa shape index (κ3) is 4.17. The van der Waals surface area contributed by atoms with Crippen molar-refractivity contribution in [3.05, 3.63) is 70.4 Å². The highest BCUT2D eigenvalue weighted by Crippen LogP contribution is 2.38. The first-order valence-electron chi connectivity index (χ1n) is 10.8. The second-order valence-electron chi connectivity index (χ2n) is 7.83. The molecule has 2 aromatic carbocycles. The van der Waals surface area contributed by atoms with Gasteiger partial charge in [0.2, 0.25) is 0 Å². The number of imidazole rings is 1. The van der Waals surface area contributed by atoms with Crippen molar-refractivity contribution in [2.75, 3.05) is 20.0 Å². The quantitative estimate of drug-likeness (QED) is 0.335. The average Bonchev–Trinajstić information content (AvgIpc) is 3.61. The number of methoxy groups -OCH3 is 2. The van der Waals surface area contributed by atoms with E-state index in [1.165, 1.54) is 11.8 Å². The average molecular weight is 493 g/mol. The molecule has 0 bridgehead atoms. The number of rotatable bonds is 7. The number of amides is 1. The highest BCUT2D eigenvalue weighted by molar-refractivity contribution is 7.99. The van der Waals surface area contributed by atoms with Gasteiger partial charge in [0.25, 0.3) is 5.91 Å². The second kappa shape index (κ2) is 9.52. The monoisotopic (exact) mass is 492 g/mol. The predicted molar refractivity (Wildman–Crippen MR) is 136 cm³/mol. The Morgan fingerprint density at radius 3 is 2.68 bits per heavy atom. The van der Waals surface area contributed by atoms with Crippen molar-refractivity contribution in [1.29, 1.82) is 0 Å². The van der Waals surface area contributed by atoms with Gasteiger partial charge in [-0.15, -0.1) is 11.3 Å². The second-order valence-corrected chi connectivity index (χ2v) is 9.72. The van der Waals surface area contributed by atoms with Crippen molar-refractivity contribution in [2.24, 2.45) is 12.1 Å². The molecule has 0 fully saturated rings. The zero-order valence-corrected chi connectivity index (χ0v) is 20.7. The number of hydrogen-bond acceptors (Lipinski definition) is 7. The van der Waals surface area contributed by atoms with Crippen molar-refractivity contribution in [1.82, 2.24) is 14.6 Å². The molecule has 174 valence electrons. The van der Waals surface area contributed by atoms with Gasteiger partial charge in [-0.05, 0) is 41.3 Å². The molecule has 4 aromatic rings. The van der Waals surface area contributed by atoms with Crippen LogP contribution in [0.5, 0.6) is 11.5 Å². The molecule has 34 heavy (non-hydrogen) atoms. The van der Waals surface area contributed by atoms with E-state index in [-0.39, 0.29) is 17.7 Å². The first-order valence-corrected chi connectivity index (χ1v) is 12.6. The highest BCUT2D eigenvalue weighted by atomic mass is 32.2. The smallest absolute Gasteiger partial charge is 0.253 e. The number of para-hydroxylation sites is 2. The Morgan fingerprint density at radius 1 is 1.12 bits per heavy atom. The summed E-state index contributed by atoms with van der Waals surface area (Å²) in [4.78, 5) is 19.2. The summed E-state index contributed by atoms with van der Waals surface area (Å²) >= 11 is 3.05. The number of thioether (sulfide) groups is 1. The van der Waals surface area contributed by atoms with Crippen molar-refractivity contribution in [3.63, 3.8) is 0 Å². The molecule has 0 radical (unpaired) electrons. The largest absolute Gasteiger partial charge is 0.493 e. The van der Waals surface area contributed by atoms with Crippen LogP contribution < -0.4 is 9.47 Å². The lowest BCUT2D eigenvalue weighted by Crippen LogP contribution is -2.28. The van der Waals surface area contributed by atoms with E-state index in [1.54, 1.807) is 30.6 Å². The third-order valence-corrected chi connectivity index (χ3v) is 7.77. The van der Waals surface area contributed by atoms with Crippen LogP contribution in [0, 0.1) is 0 Å². The normalized spacial score (nSPS) is 15.6. The van der Waals surface area contributed by atoms with Crippen LogP contribution in [0.3, 0.4) is 0 Å². The fraction of sp³-hybridized carbons (Fsp3) is 0.240. The van der Waals surface area contributed by atoms with Gasteiger partial charge in [-0.3, -0.25) is 4.79 Å². The summed E-state index contributed by atoms with van der Waals surface area (Å²) in [6, 6.07) is 17.5. The number of benzene rings is 2. The van der Waals surface area contributed by atoms with E-state index in [1.807, 2.05) is 71.6 Å². The van der Waals surface area contributed by atoms with Crippen LogP contribution in [0.15, 0.2) is 70.2 Å². The lowest BCUT2D eigenvalue weighted by Gasteiger charge is -2.22. The van der Waals surface area contributed by atoms with E-state index in [0.29, 0.717) is 17.9 Å². The number of aryl methyl sites for hydroxylation is 1. The minimum atomic E-state index is -0.217. The summed E-state index contributed by atoms with van der Waals surface area (Å²) in [5.74, 6) is 1.45. The Balaban J connectivity index is 1.42. The molecule has 1 atom stereocenters. The van der Waals surface area contributed by atoms with Crippen LogP contribution >= 0.6 is 23.1 Å². The lowest BCUT2D eigenvalue weighted by atomic mass is 10.0. The van der Waals surface area contributed by atoms with E-state index in [4.69, 9.17) is 14.6 Å². The molecule has 0 N–H and O–H groups in total. The Bertz CT molecular complexity index is 1360. The van der Waals surface area contributed by atoms with Gasteiger partial charge in [0.1, 0.15) is 0 Å². The first-order chi connectivity index (χ1) is 16.6. The Labute approximate surface area is 206 Å². The molecule has 1 aliphatic rings. The van der Waals surface area contributed by atoms with Gasteiger partial charge in [-0.25, -0.2) is 9.99 Å². The number of aromatic nitrogens is 2. The van der Waals surface area contributed by atoms with Crippen LogP contribution in [0.4, 0.5) is 0 Å². The van der Waals surface area contributed by atoms with E-state index in [2.05, 4.69) is 4.98 Å². The molecule has 0 unspecified atom stereocenters. The summed E-state index contributed by atoms with van der Waals surface area (Å²) in [7, 11) is 5.19. The van der Waals surface area contributed by atoms with Crippen LogP contribution in [0.2, 0.25) is 0 Å². The Hall–Kier alpha value is -3.30. The number of hydrogen-bond donors (Lipinski definition) is 0. The molecule has 0 saturated heterocycles. The van der Waals surface area contributed by atoms with Crippen LogP contribution in [-0.2, 0) is 11.8 Å². The fourth-order valence-corrected chi connectivity index (χ4v) is 5.66. The number of fused-ring (bicyclic) bond motifs is 1. The molecule has 0 saturated carbocycles. The number of hydrazone groups is 1. The predicted octanol–water partition coefficient (Wildman–Crippen LogP) is 5.12. The molecule has 3 heterocycles. The SMILES string of the molecule is COc1ccc([C@@H]2CC(c3cccs3)=NN2C(=O)CSc2nc3ccccc3n2C)cc1OC. The van der Waals surface area contributed by atoms with Gasteiger partial charge >= 0.3 is 0 Å². The van der Waals surface area contributed by atoms with Crippen LogP contribution in [-0.4, -0.2) is 46.2 Å². The molecule has 0 aliphatic carbocycles. The van der Waals surface area contributed by atoms with Gasteiger partial charge in [0.05, 0.1) is 47.6 Å². The number of thiophene rings is 1. The minimum Gasteiger partial charge on any atom is -0.493 e. The molecular formula is C25H24N4O3S2.